The summed E-state index contributed by atoms with van der Waals surface area (Å²) < 4.78 is 40.0. The van der Waals surface area contributed by atoms with Crippen LogP contribution in [0.1, 0.15) is 37.2 Å². The van der Waals surface area contributed by atoms with Gasteiger partial charge in [0, 0.05) is 43.9 Å². The van der Waals surface area contributed by atoms with Crippen molar-refractivity contribution < 1.29 is 18.0 Å². The van der Waals surface area contributed by atoms with Crippen LogP contribution in [0.2, 0.25) is 0 Å². The molecule has 150 valence electrons. The van der Waals surface area contributed by atoms with Crippen molar-refractivity contribution in [2.75, 3.05) is 23.3 Å². The monoisotopic (exact) mass is 393 g/mol. The number of aromatic nitrogens is 3. The van der Waals surface area contributed by atoms with Crippen LogP contribution < -0.4 is 10.2 Å². The summed E-state index contributed by atoms with van der Waals surface area (Å²) in [7, 11) is 0. The number of carbonyl (C=O) groups is 1. The van der Waals surface area contributed by atoms with Crippen LogP contribution in [0, 0.1) is 5.92 Å². The van der Waals surface area contributed by atoms with E-state index in [2.05, 4.69) is 20.2 Å². The molecule has 2 aromatic heterocycles. The van der Waals surface area contributed by atoms with E-state index in [4.69, 9.17) is 0 Å². The Balaban J connectivity index is 1.38. The van der Waals surface area contributed by atoms with Crippen LogP contribution >= 0.6 is 0 Å². The Bertz CT molecular complexity index is 840. The second kappa shape index (κ2) is 7.44. The van der Waals surface area contributed by atoms with Crippen molar-refractivity contribution in [3.05, 3.63) is 36.0 Å². The number of amides is 1. The van der Waals surface area contributed by atoms with Gasteiger partial charge >= 0.3 is 6.18 Å². The summed E-state index contributed by atoms with van der Waals surface area (Å²) in [5, 5.41) is 2.79. The molecule has 0 unspecified atom stereocenters. The molecule has 0 radical (unpaired) electrons. The molecule has 0 aliphatic carbocycles. The second-order valence-corrected chi connectivity index (χ2v) is 7.35. The summed E-state index contributed by atoms with van der Waals surface area (Å²) in [6.45, 7) is 2.16. The first-order valence-corrected chi connectivity index (χ1v) is 9.55. The summed E-state index contributed by atoms with van der Waals surface area (Å²) in [5.74, 6) is -1.05. The van der Waals surface area contributed by atoms with Gasteiger partial charge < -0.3 is 14.8 Å². The van der Waals surface area contributed by atoms with Gasteiger partial charge in [-0.1, -0.05) is 0 Å². The molecule has 4 heterocycles. The van der Waals surface area contributed by atoms with Crippen molar-refractivity contribution in [3.63, 3.8) is 0 Å². The molecule has 9 heteroatoms. The number of anilines is 2. The Morgan fingerprint density at radius 3 is 2.54 bits per heavy atom. The number of hydrogen-bond donors (Lipinski definition) is 1. The molecule has 28 heavy (non-hydrogen) atoms. The Morgan fingerprint density at radius 1 is 1.07 bits per heavy atom. The summed E-state index contributed by atoms with van der Waals surface area (Å²) in [5.41, 5.74) is 1.48. The van der Waals surface area contributed by atoms with Crippen molar-refractivity contribution in [2.24, 2.45) is 5.92 Å². The molecule has 2 aliphatic heterocycles. The maximum Gasteiger partial charge on any atom is 0.449 e. The molecule has 1 atom stereocenters. The summed E-state index contributed by atoms with van der Waals surface area (Å²) >= 11 is 0. The lowest BCUT2D eigenvalue weighted by atomic mass is 9.95. The van der Waals surface area contributed by atoms with Gasteiger partial charge in [0.05, 0.1) is 11.9 Å². The van der Waals surface area contributed by atoms with Crippen LogP contribution in [0.15, 0.2) is 24.5 Å². The average molecular weight is 393 g/mol. The van der Waals surface area contributed by atoms with Crippen LogP contribution in [0.5, 0.6) is 0 Å². The van der Waals surface area contributed by atoms with Crippen LogP contribution in [-0.2, 0) is 23.9 Å². The lowest BCUT2D eigenvalue weighted by molar-refractivity contribution is -0.147. The highest BCUT2D eigenvalue weighted by Crippen LogP contribution is 2.32. The summed E-state index contributed by atoms with van der Waals surface area (Å²) in [6.07, 6.45) is 2.67. The zero-order chi connectivity index (χ0) is 19.7. The third-order valence-corrected chi connectivity index (χ3v) is 5.44. The van der Waals surface area contributed by atoms with Crippen LogP contribution in [0.25, 0.3) is 0 Å². The Labute approximate surface area is 160 Å². The molecular weight excluding hydrogens is 371 g/mol. The van der Waals surface area contributed by atoms with Gasteiger partial charge in [-0.15, -0.1) is 0 Å². The van der Waals surface area contributed by atoms with Crippen molar-refractivity contribution in [1.82, 2.24) is 14.5 Å². The van der Waals surface area contributed by atoms with Gasteiger partial charge in [0.2, 0.25) is 11.7 Å². The normalized spacial score (nSPS) is 20.0. The van der Waals surface area contributed by atoms with E-state index in [1.807, 2.05) is 6.07 Å². The van der Waals surface area contributed by atoms with E-state index in [0.29, 0.717) is 17.9 Å². The van der Waals surface area contributed by atoms with Gasteiger partial charge in [0.1, 0.15) is 5.82 Å². The molecule has 1 fully saturated rings. The minimum atomic E-state index is -4.48. The molecule has 1 amide bonds. The number of nitrogens with zero attached hydrogens (tertiary/aromatic N) is 4. The summed E-state index contributed by atoms with van der Waals surface area (Å²) in [6, 6.07) is 3.72. The maximum absolute atomic E-state index is 12.9. The lowest BCUT2D eigenvalue weighted by Gasteiger charge is -2.28. The smallest absolute Gasteiger partial charge is 0.370 e. The van der Waals surface area contributed by atoms with E-state index in [9.17, 15) is 18.0 Å². The second-order valence-electron chi connectivity index (χ2n) is 7.35. The van der Waals surface area contributed by atoms with E-state index in [1.165, 1.54) is 25.5 Å². The third-order valence-electron chi connectivity index (χ3n) is 5.44. The molecule has 2 aromatic rings. The first kappa shape index (κ1) is 18.8. The number of carbonyl (C=O) groups excluding carboxylic acids is 1. The molecule has 4 rings (SSSR count). The topological polar surface area (TPSA) is 63.1 Å². The number of pyridine rings is 1. The van der Waals surface area contributed by atoms with E-state index in [0.717, 1.165) is 23.3 Å². The van der Waals surface area contributed by atoms with Gasteiger partial charge in [-0.05, 0) is 37.8 Å². The predicted octanol–water partition coefficient (Wildman–Crippen LogP) is 3.49. The van der Waals surface area contributed by atoms with Gasteiger partial charge in [-0.3, -0.25) is 4.79 Å². The predicted molar refractivity (Wildman–Crippen MR) is 98.0 cm³/mol. The molecule has 0 bridgehead atoms. The van der Waals surface area contributed by atoms with Gasteiger partial charge in [0.25, 0.3) is 0 Å². The number of alkyl halides is 3. The first-order chi connectivity index (χ1) is 13.4. The Kier molecular flexibility index (Phi) is 4.99. The average Bonchev–Trinajstić information content (AvgIpc) is 3.13. The largest absolute Gasteiger partial charge is 0.449 e. The van der Waals surface area contributed by atoms with E-state index < -0.39 is 17.9 Å². The highest BCUT2D eigenvalue weighted by molar-refractivity contribution is 5.92. The number of hydrogen-bond acceptors (Lipinski definition) is 4. The van der Waals surface area contributed by atoms with Gasteiger partial charge in [-0.25, -0.2) is 9.97 Å². The molecule has 0 aromatic carbocycles. The minimum absolute atomic E-state index is 0.129. The van der Waals surface area contributed by atoms with Crippen LogP contribution in [0.3, 0.4) is 0 Å². The Hall–Kier alpha value is -2.58. The fourth-order valence-corrected chi connectivity index (χ4v) is 3.94. The zero-order valence-electron chi connectivity index (χ0n) is 15.4. The number of halogens is 3. The van der Waals surface area contributed by atoms with Crippen molar-refractivity contribution >= 4 is 17.4 Å². The van der Waals surface area contributed by atoms with Gasteiger partial charge in [0.15, 0.2) is 0 Å². The van der Waals surface area contributed by atoms with E-state index in [-0.39, 0.29) is 18.9 Å². The molecule has 6 nitrogen and oxygen atoms in total. The number of rotatable bonds is 3. The van der Waals surface area contributed by atoms with Crippen LogP contribution in [0.4, 0.5) is 24.7 Å². The van der Waals surface area contributed by atoms with Crippen molar-refractivity contribution in [1.29, 1.82) is 0 Å². The lowest BCUT2D eigenvalue weighted by Crippen LogP contribution is -2.32. The van der Waals surface area contributed by atoms with Crippen molar-refractivity contribution in [3.8, 4) is 0 Å². The van der Waals surface area contributed by atoms with Crippen molar-refractivity contribution in [2.45, 2.75) is 44.8 Å². The minimum Gasteiger partial charge on any atom is -0.370 e. The quantitative estimate of drug-likeness (QED) is 0.867. The molecular formula is C19H22F3N5O. The van der Waals surface area contributed by atoms with Crippen LogP contribution in [-0.4, -0.2) is 33.5 Å². The first-order valence-electron chi connectivity index (χ1n) is 9.55. The molecule has 1 saturated heterocycles. The molecule has 1 N–H and O–H groups in total. The SMILES string of the molecule is O=C(Nc1ccc(N2CCCCC2)cn1)[C@@H]1CCn2c(cnc2C(F)(F)F)C1. The zero-order valence-corrected chi connectivity index (χ0v) is 15.4. The highest BCUT2D eigenvalue weighted by atomic mass is 19.4. The number of fused-ring (bicyclic) bond motifs is 1. The standard InChI is InChI=1S/C19H22F3N5O/c20-19(21,22)18-24-12-15-10-13(6-9-27(15)18)17(28)25-16-5-4-14(11-23-16)26-7-2-1-3-8-26/h4-5,11-13H,1-3,6-10H2,(H,23,25,28)/t13-/m1/s1. The maximum atomic E-state index is 12.9. The number of imidazole rings is 1. The summed E-state index contributed by atoms with van der Waals surface area (Å²) in [4.78, 5) is 22.7. The van der Waals surface area contributed by atoms with Gasteiger partial charge in [-0.2, -0.15) is 13.2 Å². The fraction of sp³-hybridized carbons (Fsp3) is 0.526. The molecule has 0 saturated carbocycles. The number of piperidine rings is 1. The fourth-order valence-electron chi connectivity index (χ4n) is 3.94. The highest BCUT2D eigenvalue weighted by Gasteiger charge is 2.39. The molecule has 0 spiro atoms. The number of nitrogens with one attached hydrogen (secondary N) is 1. The third kappa shape index (κ3) is 3.83. The van der Waals surface area contributed by atoms with E-state index in [1.54, 1.807) is 12.3 Å². The Morgan fingerprint density at radius 2 is 1.86 bits per heavy atom. The van der Waals surface area contributed by atoms with E-state index >= 15 is 0 Å². The molecule has 2 aliphatic rings.